The fraction of sp³-hybridized carbons (Fsp3) is 0.789. The van der Waals surface area contributed by atoms with E-state index in [0.29, 0.717) is 70.6 Å². The second kappa shape index (κ2) is 18.5. The third kappa shape index (κ3) is 7.38. The average molecular weight is 1050 g/mol. The number of aromatic amines is 2. The Balaban J connectivity index is 1.13. The summed E-state index contributed by atoms with van der Waals surface area (Å²) in [5.74, 6) is -3.40. The third-order valence-electron chi connectivity index (χ3n) is 23.8. The Morgan fingerprint density at radius 1 is 0.907 bits per heavy atom. The zero-order valence-electron chi connectivity index (χ0n) is 44.4. The zero-order valence-corrected chi connectivity index (χ0v) is 44.4. The number of fused-ring (bicyclic) bond motifs is 9. The molecule has 22 unspecified atom stereocenters. The maximum Gasteiger partial charge on any atom is 0.310 e. The van der Waals surface area contributed by atoms with E-state index in [1.807, 2.05) is 13.1 Å². The molecule has 0 radical (unpaired) electrons. The second-order valence-electron chi connectivity index (χ2n) is 26.8. The monoisotopic (exact) mass is 1040 g/mol. The summed E-state index contributed by atoms with van der Waals surface area (Å²) in [7, 11) is 0. The standard InChI is InChI=1S/C57H84N6O12/c1-50(26-64)18-19-57(49(72)73)21-30(20-31-23-59-28-61-31)54(5)33(34(57)22-50)8-9-37-52(54,3)15-11-36-51(2,27-65)46(75-47-44(70)42(68)35(66)25-74-47)43(69)40(53(36,37)4)32-10-16-55(17-12-39(58)67,38-24-60-29-62-38)45-41(32)56(48(71)63-45)13-6-7-14-56/h8,10,16,23-24,28-30,32,34-37,39-47,64-70H,6-7,9,11-15,17-22,25-27,58H2,1-5H3,(H,59,61)(H,60,62)(H,63,71)(H,72,73). The van der Waals surface area contributed by atoms with E-state index in [1.165, 1.54) is 0 Å². The molecule has 5 saturated carbocycles. The van der Waals surface area contributed by atoms with Gasteiger partial charge in [-0.2, -0.15) is 0 Å². The number of allylic oxidation sites excluding steroid dienone is 3. The Morgan fingerprint density at radius 2 is 1.64 bits per heavy atom. The van der Waals surface area contributed by atoms with Gasteiger partial charge in [0.2, 0.25) is 5.91 Å². The van der Waals surface area contributed by atoms with Crippen LogP contribution in [0, 0.1) is 79.3 Å². The number of nitrogens with one attached hydrogen (secondary N) is 3. The highest BCUT2D eigenvalue weighted by molar-refractivity contribution is 5.87. The largest absolute Gasteiger partial charge is 0.481 e. The number of nitrogens with zero attached hydrogens (tertiary/aromatic N) is 2. The van der Waals surface area contributed by atoms with Crippen LogP contribution in [-0.4, -0.2) is 142 Å². The first-order chi connectivity index (χ1) is 35.5. The van der Waals surface area contributed by atoms with E-state index in [1.54, 1.807) is 18.9 Å². The van der Waals surface area contributed by atoms with E-state index in [4.69, 9.17) is 15.2 Å². The molecule has 0 aromatic carbocycles. The maximum atomic E-state index is 15.2. The molecular weight excluding hydrogens is 961 g/mol. The van der Waals surface area contributed by atoms with Gasteiger partial charge in [-0.25, -0.2) is 9.97 Å². The van der Waals surface area contributed by atoms with Gasteiger partial charge in [0.25, 0.3) is 0 Å². The maximum absolute atomic E-state index is 15.2. The lowest BCUT2D eigenvalue weighted by Gasteiger charge is -2.75. The smallest absolute Gasteiger partial charge is 0.310 e. The Bertz CT molecular complexity index is 2520. The van der Waals surface area contributed by atoms with Gasteiger partial charge in [-0.15, -0.1) is 0 Å². The van der Waals surface area contributed by atoms with E-state index in [0.717, 1.165) is 29.8 Å². The fourth-order valence-corrected chi connectivity index (χ4v) is 19.8. The van der Waals surface area contributed by atoms with Crippen LogP contribution in [-0.2, 0) is 30.9 Å². The van der Waals surface area contributed by atoms with Gasteiger partial charge in [-0.05, 0) is 134 Å². The first-order valence-corrected chi connectivity index (χ1v) is 28.1. The molecule has 414 valence electrons. The van der Waals surface area contributed by atoms with E-state index < -0.39 is 123 Å². The molecule has 0 bridgehead atoms. The van der Waals surface area contributed by atoms with Crippen molar-refractivity contribution in [2.75, 3.05) is 19.8 Å². The van der Waals surface area contributed by atoms with Gasteiger partial charge in [0, 0.05) is 47.8 Å². The summed E-state index contributed by atoms with van der Waals surface area (Å²) >= 11 is 0. The van der Waals surface area contributed by atoms with Crippen LogP contribution in [0.25, 0.3) is 0 Å². The highest BCUT2D eigenvalue weighted by atomic mass is 16.7. The number of aromatic nitrogens is 4. The molecule has 7 aliphatic carbocycles. The number of aliphatic hydroxyl groups is 7. The Hall–Kier alpha value is -3.56. The van der Waals surface area contributed by atoms with Gasteiger partial charge in [-0.3, -0.25) is 9.59 Å². The van der Waals surface area contributed by atoms with E-state index in [-0.39, 0.29) is 49.2 Å². The second-order valence-corrected chi connectivity index (χ2v) is 26.8. The van der Waals surface area contributed by atoms with Crippen LogP contribution in [0.4, 0.5) is 0 Å². The number of amides is 1. The van der Waals surface area contributed by atoms with E-state index in [9.17, 15) is 45.6 Å². The number of H-pyrrole nitrogens is 2. The number of hydrogen-bond acceptors (Lipinski definition) is 14. The molecule has 11 rings (SSSR count). The number of hydrogen-bond donors (Lipinski definition) is 12. The van der Waals surface area contributed by atoms with Crippen LogP contribution < -0.4 is 11.1 Å². The van der Waals surface area contributed by atoms with Crippen molar-refractivity contribution in [2.45, 2.75) is 179 Å². The normalized spacial score (nSPS) is 49.2. The van der Waals surface area contributed by atoms with Crippen LogP contribution in [0.2, 0.25) is 0 Å². The molecule has 75 heavy (non-hydrogen) atoms. The minimum Gasteiger partial charge on any atom is -0.481 e. The topological polar surface area (TPSA) is 310 Å². The lowest BCUT2D eigenvalue weighted by atomic mass is 9.29. The lowest BCUT2D eigenvalue weighted by Crippen LogP contribution is -2.74. The molecule has 18 heteroatoms. The quantitative estimate of drug-likeness (QED) is 0.0821. The van der Waals surface area contributed by atoms with Crippen LogP contribution in [0.15, 0.2) is 48.8 Å². The number of aliphatic carboxylic acids is 1. The number of carbonyl (C=O) groups is 2. The zero-order chi connectivity index (χ0) is 53.5. The molecule has 4 heterocycles. The number of carbonyl (C=O) groups excluding carboxylic acids is 1. The third-order valence-corrected chi connectivity index (χ3v) is 23.8. The molecule has 13 N–H and O–H groups in total. The number of carboxylic acid groups (broad SMARTS) is 1. The van der Waals surface area contributed by atoms with Crippen molar-refractivity contribution in [1.82, 2.24) is 25.3 Å². The number of nitrogens with two attached hydrogens (primary N) is 1. The van der Waals surface area contributed by atoms with Crippen molar-refractivity contribution in [3.05, 3.63) is 60.2 Å². The van der Waals surface area contributed by atoms with Gasteiger partial charge in [-0.1, -0.05) is 71.3 Å². The summed E-state index contributed by atoms with van der Waals surface area (Å²) in [5.41, 5.74) is 2.59. The minimum absolute atomic E-state index is 0.0356. The lowest BCUT2D eigenvalue weighted by molar-refractivity contribution is -0.344. The molecule has 2 aromatic rings. The summed E-state index contributed by atoms with van der Waals surface area (Å²) in [6.07, 6.45) is 11.9. The van der Waals surface area contributed by atoms with E-state index in [2.05, 4.69) is 71.2 Å². The van der Waals surface area contributed by atoms with Crippen molar-refractivity contribution < 1.29 is 59.9 Å². The predicted octanol–water partition coefficient (Wildman–Crippen LogP) is 3.61. The van der Waals surface area contributed by atoms with Crippen LogP contribution in [0.5, 0.6) is 0 Å². The molecule has 9 aliphatic rings. The Morgan fingerprint density at radius 3 is 2.29 bits per heavy atom. The Labute approximate surface area is 439 Å². The number of aliphatic hydroxyl groups excluding tert-OH is 7. The molecule has 1 spiro atoms. The van der Waals surface area contributed by atoms with Crippen molar-refractivity contribution in [3.63, 3.8) is 0 Å². The predicted molar refractivity (Wildman–Crippen MR) is 272 cm³/mol. The van der Waals surface area contributed by atoms with Gasteiger partial charge in [0.05, 0.1) is 54.3 Å². The summed E-state index contributed by atoms with van der Waals surface area (Å²) in [4.78, 5) is 44.9. The molecular formula is C57H84N6O12. The van der Waals surface area contributed by atoms with Crippen LogP contribution in [0.1, 0.15) is 129 Å². The highest BCUT2D eigenvalue weighted by Gasteiger charge is 2.77. The molecule has 22 atom stereocenters. The fourth-order valence-electron chi connectivity index (χ4n) is 19.8. The SMILES string of the molecule is CC1(CO)CCC2(C(=O)O)CC(Cc3cnc[nH]3)C3(C)C(=CCC4C5(C)C(C6C=CC(CCC(N)O)(c7cnc[nH]7)C7NC(=O)C8(CCCC8)C67)C(O)C(OC6OCC(O)C(O)C6O)C(C)(CO)C5CCC43C)C2C1. The molecule has 2 saturated heterocycles. The number of imidazole rings is 2. The molecule has 2 aliphatic heterocycles. The highest BCUT2D eigenvalue weighted by Crippen LogP contribution is 2.79. The van der Waals surface area contributed by atoms with Crippen molar-refractivity contribution in [1.29, 1.82) is 0 Å². The summed E-state index contributed by atoms with van der Waals surface area (Å²) in [5, 5.41) is 95.7. The van der Waals surface area contributed by atoms with Gasteiger partial charge >= 0.3 is 5.97 Å². The van der Waals surface area contributed by atoms with Crippen molar-refractivity contribution in [2.24, 2.45) is 85.1 Å². The average Bonchev–Trinajstić information content (AvgIpc) is 4.31. The minimum atomic E-state index is -1.67. The molecule has 7 fully saturated rings. The first-order valence-electron chi connectivity index (χ1n) is 28.1. The summed E-state index contributed by atoms with van der Waals surface area (Å²) in [6, 6.07) is -0.518. The van der Waals surface area contributed by atoms with Crippen molar-refractivity contribution >= 4 is 11.9 Å². The van der Waals surface area contributed by atoms with Crippen LogP contribution >= 0.6 is 0 Å². The Kier molecular flexibility index (Phi) is 13.2. The summed E-state index contributed by atoms with van der Waals surface area (Å²) < 4.78 is 12.8. The first kappa shape index (κ1) is 53.4. The van der Waals surface area contributed by atoms with Gasteiger partial charge < -0.3 is 71.3 Å². The number of carboxylic acids is 1. The number of rotatable bonds is 12. The summed E-state index contributed by atoms with van der Waals surface area (Å²) in [6.45, 7) is 10.3. The molecule has 2 aromatic heterocycles. The van der Waals surface area contributed by atoms with Gasteiger partial charge in [0.15, 0.2) is 6.29 Å². The van der Waals surface area contributed by atoms with Crippen molar-refractivity contribution in [3.8, 4) is 0 Å². The molecule has 1 amide bonds. The molecule has 18 nitrogen and oxygen atoms in total. The van der Waals surface area contributed by atoms with E-state index >= 15 is 4.79 Å². The number of ether oxygens (including phenoxy) is 2. The van der Waals surface area contributed by atoms with Gasteiger partial charge in [0.1, 0.15) is 24.5 Å². The van der Waals surface area contributed by atoms with Crippen LogP contribution in [0.3, 0.4) is 0 Å².